The first-order valence-corrected chi connectivity index (χ1v) is 8.12. The minimum Gasteiger partial charge on any atom is -0.337 e. The van der Waals surface area contributed by atoms with Gasteiger partial charge in [-0.05, 0) is 30.2 Å². The van der Waals surface area contributed by atoms with E-state index in [9.17, 15) is 4.79 Å². The highest BCUT2D eigenvalue weighted by Crippen LogP contribution is 2.28. The Morgan fingerprint density at radius 3 is 2.71 bits per heavy atom. The minimum absolute atomic E-state index is 0.00288. The number of rotatable bonds is 3. The van der Waals surface area contributed by atoms with E-state index in [0.29, 0.717) is 17.3 Å². The zero-order valence-electron chi connectivity index (χ0n) is 13.2. The molecule has 2 aromatic heterocycles. The Bertz CT molecular complexity index is 829. The molecule has 5 heteroatoms. The second kappa shape index (κ2) is 6.28. The van der Waals surface area contributed by atoms with Gasteiger partial charge in [-0.25, -0.2) is 0 Å². The van der Waals surface area contributed by atoms with Crippen molar-refractivity contribution in [2.24, 2.45) is 0 Å². The second-order valence-corrected chi connectivity index (χ2v) is 6.03. The van der Waals surface area contributed by atoms with Crippen molar-refractivity contribution in [2.75, 3.05) is 13.1 Å². The molecule has 1 N–H and O–H groups in total. The number of aromatic amines is 1. The van der Waals surface area contributed by atoms with Crippen molar-refractivity contribution in [3.63, 3.8) is 0 Å². The van der Waals surface area contributed by atoms with Crippen LogP contribution in [-0.4, -0.2) is 39.1 Å². The highest BCUT2D eigenvalue weighted by molar-refractivity contribution is 5.93. The van der Waals surface area contributed by atoms with E-state index >= 15 is 0 Å². The molecule has 3 aromatic rings. The van der Waals surface area contributed by atoms with Gasteiger partial charge < -0.3 is 4.90 Å². The maximum absolute atomic E-state index is 12.7. The summed E-state index contributed by atoms with van der Waals surface area (Å²) in [6.45, 7) is 1.52. The smallest absolute Gasteiger partial charge is 0.271 e. The van der Waals surface area contributed by atoms with E-state index in [1.165, 1.54) is 5.56 Å². The van der Waals surface area contributed by atoms with Crippen LogP contribution in [0.15, 0.2) is 60.8 Å². The van der Waals surface area contributed by atoms with Crippen LogP contribution in [0.2, 0.25) is 0 Å². The van der Waals surface area contributed by atoms with Crippen LogP contribution in [0.1, 0.15) is 28.4 Å². The lowest BCUT2D eigenvalue weighted by Crippen LogP contribution is -2.28. The van der Waals surface area contributed by atoms with E-state index in [2.05, 4.69) is 27.3 Å². The van der Waals surface area contributed by atoms with Gasteiger partial charge in [0, 0.05) is 25.2 Å². The number of carbonyl (C=O) groups excluding carboxylic acids is 1. The molecule has 4 rings (SSSR count). The Balaban J connectivity index is 1.48. The predicted molar refractivity (Wildman–Crippen MR) is 91.5 cm³/mol. The number of benzene rings is 1. The third-order valence-corrected chi connectivity index (χ3v) is 4.48. The first kappa shape index (κ1) is 14.6. The molecule has 1 unspecified atom stereocenters. The Morgan fingerprint density at radius 1 is 1.08 bits per heavy atom. The molecule has 120 valence electrons. The molecule has 1 aliphatic rings. The third-order valence-electron chi connectivity index (χ3n) is 4.48. The summed E-state index contributed by atoms with van der Waals surface area (Å²) in [6.07, 6.45) is 2.72. The zero-order valence-corrected chi connectivity index (χ0v) is 13.2. The van der Waals surface area contributed by atoms with Crippen LogP contribution in [0.3, 0.4) is 0 Å². The van der Waals surface area contributed by atoms with Gasteiger partial charge in [-0.1, -0.05) is 36.4 Å². The average Bonchev–Trinajstić information content (AvgIpc) is 3.33. The van der Waals surface area contributed by atoms with Crippen molar-refractivity contribution in [3.05, 3.63) is 72.1 Å². The molecule has 1 atom stereocenters. The molecule has 0 saturated carbocycles. The maximum Gasteiger partial charge on any atom is 0.271 e. The fourth-order valence-corrected chi connectivity index (χ4v) is 3.19. The van der Waals surface area contributed by atoms with Gasteiger partial charge in [0.1, 0.15) is 11.4 Å². The molecule has 3 heterocycles. The number of nitrogens with zero attached hydrogens (tertiary/aromatic N) is 3. The number of amides is 1. The molecular weight excluding hydrogens is 300 g/mol. The number of pyridine rings is 1. The molecular formula is C19H18N4O. The van der Waals surface area contributed by atoms with Crippen LogP contribution in [0.4, 0.5) is 0 Å². The van der Waals surface area contributed by atoms with Crippen LogP contribution >= 0.6 is 0 Å². The average molecular weight is 318 g/mol. The lowest BCUT2D eigenvalue weighted by Gasteiger charge is -2.15. The van der Waals surface area contributed by atoms with E-state index in [0.717, 1.165) is 25.2 Å². The number of nitrogens with one attached hydrogen (secondary N) is 1. The summed E-state index contributed by atoms with van der Waals surface area (Å²) in [5.41, 5.74) is 3.27. The van der Waals surface area contributed by atoms with Crippen molar-refractivity contribution < 1.29 is 4.79 Å². The Morgan fingerprint density at radius 2 is 1.92 bits per heavy atom. The van der Waals surface area contributed by atoms with Crippen molar-refractivity contribution in [3.8, 4) is 11.4 Å². The Labute approximate surface area is 140 Å². The van der Waals surface area contributed by atoms with E-state index < -0.39 is 0 Å². The largest absolute Gasteiger partial charge is 0.337 e. The van der Waals surface area contributed by atoms with E-state index in [-0.39, 0.29) is 5.91 Å². The van der Waals surface area contributed by atoms with Crippen LogP contribution in [-0.2, 0) is 0 Å². The minimum atomic E-state index is 0.00288. The van der Waals surface area contributed by atoms with Crippen LogP contribution in [0.5, 0.6) is 0 Å². The standard InChI is InChI=1S/C19H18N4O/c24-19(18-12-17(21-22-18)16-8-4-5-10-20-16)23-11-9-15(13-23)14-6-2-1-3-7-14/h1-8,10,12,15H,9,11,13H2,(H,21,22). The summed E-state index contributed by atoms with van der Waals surface area (Å²) >= 11 is 0. The van der Waals surface area contributed by atoms with Crippen LogP contribution < -0.4 is 0 Å². The lowest BCUT2D eigenvalue weighted by molar-refractivity contribution is 0.0785. The van der Waals surface area contributed by atoms with Crippen molar-refractivity contribution in [1.29, 1.82) is 0 Å². The summed E-state index contributed by atoms with van der Waals surface area (Å²) in [4.78, 5) is 18.9. The molecule has 1 fully saturated rings. The van der Waals surface area contributed by atoms with Gasteiger partial charge in [0.2, 0.25) is 0 Å². The normalized spacial score (nSPS) is 17.2. The monoisotopic (exact) mass is 318 g/mol. The number of H-pyrrole nitrogens is 1. The maximum atomic E-state index is 12.7. The van der Waals surface area contributed by atoms with E-state index in [1.807, 2.05) is 41.3 Å². The van der Waals surface area contributed by atoms with Crippen molar-refractivity contribution in [2.45, 2.75) is 12.3 Å². The van der Waals surface area contributed by atoms with Gasteiger partial charge in [-0.3, -0.25) is 14.9 Å². The van der Waals surface area contributed by atoms with Gasteiger partial charge >= 0.3 is 0 Å². The summed E-state index contributed by atoms with van der Waals surface area (Å²) in [5.74, 6) is 0.413. The number of aromatic nitrogens is 3. The van der Waals surface area contributed by atoms with Crippen molar-refractivity contribution in [1.82, 2.24) is 20.1 Å². The fraction of sp³-hybridized carbons (Fsp3) is 0.211. The lowest BCUT2D eigenvalue weighted by atomic mass is 9.99. The zero-order chi connectivity index (χ0) is 16.4. The third kappa shape index (κ3) is 2.80. The second-order valence-electron chi connectivity index (χ2n) is 6.03. The van der Waals surface area contributed by atoms with Gasteiger partial charge in [0.25, 0.3) is 5.91 Å². The van der Waals surface area contributed by atoms with E-state index in [1.54, 1.807) is 12.3 Å². The molecule has 5 nitrogen and oxygen atoms in total. The fourth-order valence-electron chi connectivity index (χ4n) is 3.19. The first-order valence-electron chi connectivity index (χ1n) is 8.12. The van der Waals surface area contributed by atoms with Gasteiger partial charge in [-0.15, -0.1) is 0 Å². The number of likely N-dealkylation sites (tertiary alicyclic amines) is 1. The number of carbonyl (C=O) groups is 1. The molecule has 0 spiro atoms. The Hall–Kier alpha value is -2.95. The molecule has 0 aliphatic carbocycles. The SMILES string of the molecule is O=C(c1cc(-c2ccccn2)n[nH]1)N1CCC(c2ccccc2)C1. The predicted octanol–water partition coefficient (Wildman–Crippen LogP) is 3.10. The first-order chi connectivity index (χ1) is 11.8. The number of hydrogen-bond donors (Lipinski definition) is 1. The molecule has 24 heavy (non-hydrogen) atoms. The quantitative estimate of drug-likeness (QED) is 0.807. The molecule has 0 bridgehead atoms. The topological polar surface area (TPSA) is 61.9 Å². The highest BCUT2D eigenvalue weighted by Gasteiger charge is 2.28. The van der Waals surface area contributed by atoms with E-state index in [4.69, 9.17) is 0 Å². The summed E-state index contributed by atoms with van der Waals surface area (Å²) in [7, 11) is 0. The molecule has 1 aliphatic heterocycles. The van der Waals surface area contributed by atoms with Gasteiger partial charge in [0.05, 0.1) is 5.69 Å². The summed E-state index contributed by atoms with van der Waals surface area (Å²) < 4.78 is 0. The van der Waals surface area contributed by atoms with Crippen LogP contribution in [0, 0.1) is 0 Å². The molecule has 1 saturated heterocycles. The summed E-state index contributed by atoms with van der Waals surface area (Å²) in [6, 6.07) is 17.8. The molecule has 1 amide bonds. The Kier molecular flexibility index (Phi) is 3.83. The van der Waals surface area contributed by atoms with Gasteiger partial charge in [0.15, 0.2) is 0 Å². The summed E-state index contributed by atoms with van der Waals surface area (Å²) in [5, 5.41) is 7.08. The number of hydrogen-bond acceptors (Lipinski definition) is 3. The van der Waals surface area contributed by atoms with Crippen LogP contribution in [0.25, 0.3) is 11.4 Å². The van der Waals surface area contributed by atoms with Crippen molar-refractivity contribution >= 4 is 5.91 Å². The van der Waals surface area contributed by atoms with Gasteiger partial charge in [-0.2, -0.15) is 5.10 Å². The molecule has 1 aromatic carbocycles. The highest BCUT2D eigenvalue weighted by atomic mass is 16.2. The molecule has 0 radical (unpaired) electrons.